The first-order valence-electron chi connectivity index (χ1n) is 5.23. The SMILES string of the molecule is Cn1cncc1C(N)Cc1ccc(Cl)c(Cl)c1. The van der Waals surface area contributed by atoms with Gasteiger partial charge >= 0.3 is 0 Å². The van der Waals surface area contributed by atoms with Crippen LogP contribution in [0.3, 0.4) is 0 Å². The van der Waals surface area contributed by atoms with Gasteiger partial charge in [0.2, 0.25) is 0 Å². The topological polar surface area (TPSA) is 43.8 Å². The number of rotatable bonds is 3. The van der Waals surface area contributed by atoms with Crippen molar-refractivity contribution in [3.63, 3.8) is 0 Å². The van der Waals surface area contributed by atoms with Crippen molar-refractivity contribution in [2.75, 3.05) is 0 Å². The van der Waals surface area contributed by atoms with Gasteiger partial charge in [0.25, 0.3) is 0 Å². The molecule has 0 bridgehead atoms. The lowest BCUT2D eigenvalue weighted by molar-refractivity contribution is 0.656. The number of benzene rings is 1. The lowest BCUT2D eigenvalue weighted by atomic mass is 10.0. The van der Waals surface area contributed by atoms with Gasteiger partial charge in [-0.1, -0.05) is 29.3 Å². The Labute approximate surface area is 110 Å². The molecule has 0 saturated heterocycles. The summed E-state index contributed by atoms with van der Waals surface area (Å²) in [5, 5.41) is 1.12. The highest BCUT2D eigenvalue weighted by Gasteiger charge is 2.11. The largest absolute Gasteiger partial charge is 0.336 e. The van der Waals surface area contributed by atoms with Crippen LogP contribution in [0.2, 0.25) is 10.0 Å². The van der Waals surface area contributed by atoms with Crippen molar-refractivity contribution in [2.45, 2.75) is 12.5 Å². The van der Waals surface area contributed by atoms with E-state index in [1.54, 1.807) is 18.6 Å². The Morgan fingerprint density at radius 3 is 2.71 bits per heavy atom. The number of nitrogens with two attached hydrogens (primary N) is 1. The highest BCUT2D eigenvalue weighted by molar-refractivity contribution is 6.42. The number of aryl methyl sites for hydroxylation is 1. The minimum Gasteiger partial charge on any atom is -0.336 e. The minimum absolute atomic E-state index is 0.0975. The molecule has 1 heterocycles. The number of nitrogens with zero attached hydrogens (tertiary/aromatic N) is 2. The summed E-state index contributed by atoms with van der Waals surface area (Å²) in [5.41, 5.74) is 8.18. The molecule has 0 amide bonds. The number of aromatic nitrogens is 2. The van der Waals surface area contributed by atoms with E-state index in [0.717, 1.165) is 11.3 Å². The second-order valence-corrected chi connectivity index (χ2v) is 4.80. The van der Waals surface area contributed by atoms with E-state index < -0.39 is 0 Å². The van der Waals surface area contributed by atoms with Crippen LogP contribution in [-0.2, 0) is 13.5 Å². The fraction of sp³-hybridized carbons (Fsp3) is 0.250. The zero-order valence-corrected chi connectivity index (χ0v) is 10.9. The third kappa shape index (κ3) is 2.80. The van der Waals surface area contributed by atoms with E-state index in [9.17, 15) is 0 Å². The molecule has 17 heavy (non-hydrogen) atoms. The molecule has 90 valence electrons. The van der Waals surface area contributed by atoms with Gasteiger partial charge in [0.15, 0.2) is 0 Å². The Morgan fingerprint density at radius 1 is 1.35 bits per heavy atom. The normalized spacial score (nSPS) is 12.7. The zero-order valence-electron chi connectivity index (χ0n) is 9.40. The maximum Gasteiger partial charge on any atom is 0.0946 e. The monoisotopic (exact) mass is 269 g/mol. The third-order valence-corrected chi connectivity index (χ3v) is 3.41. The second-order valence-electron chi connectivity index (χ2n) is 3.99. The minimum atomic E-state index is -0.0975. The predicted octanol–water partition coefficient (Wildman–Crippen LogP) is 2.97. The Bertz CT molecular complexity index is 522. The van der Waals surface area contributed by atoms with Crippen molar-refractivity contribution >= 4 is 23.2 Å². The van der Waals surface area contributed by atoms with Crippen LogP contribution in [0.4, 0.5) is 0 Å². The lowest BCUT2D eigenvalue weighted by Gasteiger charge is -2.12. The first-order chi connectivity index (χ1) is 8.08. The molecule has 1 aromatic heterocycles. The molecule has 2 rings (SSSR count). The molecule has 2 N–H and O–H groups in total. The van der Waals surface area contributed by atoms with Crippen LogP contribution < -0.4 is 5.73 Å². The van der Waals surface area contributed by atoms with E-state index in [0.29, 0.717) is 16.5 Å². The molecule has 3 nitrogen and oxygen atoms in total. The molecule has 0 aliphatic heterocycles. The van der Waals surface area contributed by atoms with E-state index in [2.05, 4.69) is 4.98 Å². The van der Waals surface area contributed by atoms with E-state index in [4.69, 9.17) is 28.9 Å². The van der Waals surface area contributed by atoms with Crippen LogP contribution in [-0.4, -0.2) is 9.55 Å². The summed E-state index contributed by atoms with van der Waals surface area (Å²) >= 11 is 11.8. The zero-order chi connectivity index (χ0) is 12.4. The first kappa shape index (κ1) is 12.4. The lowest BCUT2D eigenvalue weighted by Crippen LogP contribution is -2.16. The van der Waals surface area contributed by atoms with Crippen molar-refractivity contribution in [3.05, 3.63) is 52.0 Å². The van der Waals surface area contributed by atoms with E-state index >= 15 is 0 Å². The van der Waals surface area contributed by atoms with Crippen LogP contribution >= 0.6 is 23.2 Å². The fourth-order valence-electron chi connectivity index (χ4n) is 1.75. The quantitative estimate of drug-likeness (QED) is 0.931. The van der Waals surface area contributed by atoms with Crippen LogP contribution in [0.15, 0.2) is 30.7 Å². The summed E-state index contributed by atoms with van der Waals surface area (Å²) in [6, 6.07) is 5.47. The van der Waals surface area contributed by atoms with Gasteiger partial charge < -0.3 is 10.3 Å². The Morgan fingerprint density at radius 2 is 2.12 bits per heavy atom. The van der Waals surface area contributed by atoms with Gasteiger partial charge in [-0.2, -0.15) is 0 Å². The summed E-state index contributed by atoms with van der Waals surface area (Å²) in [7, 11) is 1.93. The summed E-state index contributed by atoms with van der Waals surface area (Å²) in [4.78, 5) is 4.05. The van der Waals surface area contributed by atoms with Crippen molar-refractivity contribution in [1.29, 1.82) is 0 Å². The fourth-order valence-corrected chi connectivity index (χ4v) is 2.07. The number of hydrogen-bond acceptors (Lipinski definition) is 2. The number of hydrogen-bond donors (Lipinski definition) is 1. The molecule has 0 fully saturated rings. The average molecular weight is 270 g/mol. The molecule has 1 atom stereocenters. The van der Waals surface area contributed by atoms with Crippen LogP contribution in [0.25, 0.3) is 0 Å². The molecular weight excluding hydrogens is 257 g/mol. The molecule has 0 spiro atoms. The molecule has 0 radical (unpaired) electrons. The van der Waals surface area contributed by atoms with Gasteiger partial charge in [0.1, 0.15) is 0 Å². The van der Waals surface area contributed by atoms with Gasteiger partial charge in [-0.15, -0.1) is 0 Å². The van der Waals surface area contributed by atoms with Gasteiger partial charge in [-0.05, 0) is 24.1 Å². The molecule has 1 unspecified atom stereocenters. The second kappa shape index (κ2) is 5.08. The van der Waals surface area contributed by atoms with E-state index in [-0.39, 0.29) is 6.04 Å². The van der Waals surface area contributed by atoms with Crippen LogP contribution in [0, 0.1) is 0 Å². The number of halogens is 2. The number of imidazole rings is 1. The van der Waals surface area contributed by atoms with Gasteiger partial charge in [0.05, 0.1) is 28.1 Å². The third-order valence-electron chi connectivity index (χ3n) is 2.67. The summed E-state index contributed by atoms with van der Waals surface area (Å²) in [6.45, 7) is 0. The van der Waals surface area contributed by atoms with E-state index in [1.165, 1.54) is 0 Å². The van der Waals surface area contributed by atoms with Crippen molar-refractivity contribution in [2.24, 2.45) is 12.8 Å². The summed E-state index contributed by atoms with van der Waals surface area (Å²) in [6.07, 6.45) is 4.22. The molecule has 0 aliphatic carbocycles. The molecule has 0 saturated carbocycles. The molecule has 1 aromatic carbocycles. The summed E-state index contributed by atoms with van der Waals surface area (Å²) in [5.74, 6) is 0. The molecule has 2 aromatic rings. The van der Waals surface area contributed by atoms with Crippen molar-refractivity contribution < 1.29 is 0 Å². The van der Waals surface area contributed by atoms with E-state index in [1.807, 2.05) is 23.7 Å². The van der Waals surface area contributed by atoms with Crippen molar-refractivity contribution in [1.82, 2.24) is 9.55 Å². The van der Waals surface area contributed by atoms with Gasteiger partial charge in [-0.25, -0.2) is 4.98 Å². The average Bonchev–Trinajstić information content (AvgIpc) is 2.70. The molecule has 0 aliphatic rings. The van der Waals surface area contributed by atoms with Gasteiger partial charge in [-0.3, -0.25) is 0 Å². The summed E-state index contributed by atoms with van der Waals surface area (Å²) < 4.78 is 1.92. The Balaban J connectivity index is 2.16. The molecule has 5 heteroatoms. The Kier molecular flexibility index (Phi) is 3.72. The smallest absolute Gasteiger partial charge is 0.0946 e. The highest BCUT2D eigenvalue weighted by Crippen LogP contribution is 2.24. The first-order valence-corrected chi connectivity index (χ1v) is 5.99. The Hall–Kier alpha value is -1.03. The van der Waals surface area contributed by atoms with Crippen LogP contribution in [0.5, 0.6) is 0 Å². The van der Waals surface area contributed by atoms with Crippen LogP contribution in [0.1, 0.15) is 17.3 Å². The highest BCUT2D eigenvalue weighted by atomic mass is 35.5. The maximum absolute atomic E-state index is 6.12. The van der Waals surface area contributed by atoms with Gasteiger partial charge in [0, 0.05) is 13.2 Å². The van der Waals surface area contributed by atoms with Crippen molar-refractivity contribution in [3.8, 4) is 0 Å². The molecular formula is C12H13Cl2N3. The standard InChI is InChI=1S/C12H13Cl2N3/c1-17-7-16-6-12(17)11(15)5-8-2-3-9(13)10(14)4-8/h2-4,6-7,11H,5,15H2,1H3. The predicted molar refractivity (Wildman–Crippen MR) is 70.3 cm³/mol. The maximum atomic E-state index is 6.12.